The zero-order valence-electron chi connectivity index (χ0n) is 9.93. The molecule has 18 heavy (non-hydrogen) atoms. The molecule has 0 unspecified atom stereocenters. The summed E-state index contributed by atoms with van der Waals surface area (Å²) >= 11 is 5.94. The zero-order valence-corrected chi connectivity index (χ0v) is 10.7. The number of aliphatic carboxylic acids is 1. The third-order valence-electron chi connectivity index (χ3n) is 2.76. The smallest absolute Gasteiger partial charge is 0.303 e. The Hall–Kier alpha value is -1.81. The number of rotatable bonds is 4. The Balaban J connectivity index is 2.28. The second-order valence-electron chi connectivity index (χ2n) is 4.04. The fourth-order valence-electron chi connectivity index (χ4n) is 1.81. The molecule has 0 saturated carbocycles. The van der Waals surface area contributed by atoms with Crippen molar-refractivity contribution in [1.29, 1.82) is 0 Å². The van der Waals surface area contributed by atoms with Crippen molar-refractivity contribution in [2.75, 3.05) is 0 Å². The minimum atomic E-state index is -0.805. The van der Waals surface area contributed by atoms with Gasteiger partial charge >= 0.3 is 5.97 Å². The van der Waals surface area contributed by atoms with E-state index < -0.39 is 5.97 Å². The van der Waals surface area contributed by atoms with Crippen LogP contribution in [0.25, 0.3) is 11.4 Å². The minimum Gasteiger partial charge on any atom is -0.481 e. The number of carboxylic acids is 1. The standard InChI is InChI=1S/C13H13ClN2O2/c1-16-11(5-6-12(17)18)8-15-13(16)9-3-2-4-10(14)7-9/h2-4,7-8H,5-6H2,1H3,(H,17,18). The van der Waals surface area contributed by atoms with Crippen molar-refractivity contribution in [1.82, 2.24) is 9.55 Å². The Morgan fingerprint density at radius 2 is 2.28 bits per heavy atom. The molecule has 4 nitrogen and oxygen atoms in total. The molecule has 1 heterocycles. The molecular weight excluding hydrogens is 252 g/mol. The normalized spacial score (nSPS) is 10.6. The van der Waals surface area contributed by atoms with Crippen molar-refractivity contribution in [3.05, 3.63) is 41.2 Å². The lowest BCUT2D eigenvalue weighted by Gasteiger charge is -2.05. The third kappa shape index (κ3) is 2.71. The molecule has 0 aliphatic heterocycles. The quantitative estimate of drug-likeness (QED) is 0.924. The number of benzene rings is 1. The molecule has 1 N–H and O–H groups in total. The first-order valence-corrected chi connectivity index (χ1v) is 5.94. The second kappa shape index (κ2) is 5.23. The molecule has 0 saturated heterocycles. The average molecular weight is 265 g/mol. The molecule has 1 aromatic heterocycles. The van der Waals surface area contributed by atoms with E-state index in [9.17, 15) is 4.79 Å². The highest BCUT2D eigenvalue weighted by atomic mass is 35.5. The Kier molecular flexibility index (Phi) is 3.67. The third-order valence-corrected chi connectivity index (χ3v) is 3.00. The van der Waals surface area contributed by atoms with E-state index >= 15 is 0 Å². The van der Waals surface area contributed by atoms with Crippen LogP contribution in [0.5, 0.6) is 0 Å². The minimum absolute atomic E-state index is 0.106. The number of hydrogen-bond donors (Lipinski definition) is 1. The van der Waals surface area contributed by atoms with E-state index in [1.807, 2.05) is 29.8 Å². The lowest BCUT2D eigenvalue weighted by Crippen LogP contribution is -2.03. The van der Waals surface area contributed by atoms with Gasteiger partial charge in [-0.05, 0) is 18.6 Å². The fraction of sp³-hybridized carbons (Fsp3) is 0.231. The first-order valence-electron chi connectivity index (χ1n) is 5.56. The van der Waals surface area contributed by atoms with Crippen LogP contribution < -0.4 is 0 Å². The monoisotopic (exact) mass is 264 g/mol. The van der Waals surface area contributed by atoms with Gasteiger partial charge in [0.15, 0.2) is 0 Å². The zero-order chi connectivity index (χ0) is 13.1. The highest BCUT2D eigenvalue weighted by molar-refractivity contribution is 6.30. The molecule has 0 atom stereocenters. The van der Waals surface area contributed by atoms with Gasteiger partial charge in [-0.15, -0.1) is 0 Å². The summed E-state index contributed by atoms with van der Waals surface area (Å²) in [4.78, 5) is 14.9. The van der Waals surface area contributed by atoms with Crippen molar-refractivity contribution in [3.8, 4) is 11.4 Å². The van der Waals surface area contributed by atoms with Crippen molar-refractivity contribution in [3.63, 3.8) is 0 Å². The Morgan fingerprint density at radius 1 is 1.50 bits per heavy atom. The fourth-order valence-corrected chi connectivity index (χ4v) is 2.00. The summed E-state index contributed by atoms with van der Waals surface area (Å²) in [6.07, 6.45) is 2.28. The molecule has 0 aliphatic rings. The lowest BCUT2D eigenvalue weighted by atomic mass is 10.2. The number of aryl methyl sites for hydroxylation is 1. The maximum absolute atomic E-state index is 10.6. The maximum Gasteiger partial charge on any atom is 0.303 e. The summed E-state index contributed by atoms with van der Waals surface area (Å²) in [5, 5.41) is 9.33. The molecule has 0 radical (unpaired) electrons. The summed E-state index contributed by atoms with van der Waals surface area (Å²) in [5.74, 6) is -0.0154. The van der Waals surface area contributed by atoms with Gasteiger partial charge in [-0.3, -0.25) is 4.79 Å². The number of imidazole rings is 1. The van der Waals surface area contributed by atoms with Crippen LogP contribution in [0.2, 0.25) is 5.02 Å². The van der Waals surface area contributed by atoms with Gasteiger partial charge in [-0.25, -0.2) is 4.98 Å². The second-order valence-corrected chi connectivity index (χ2v) is 4.47. The molecule has 0 fully saturated rings. The van der Waals surface area contributed by atoms with Gasteiger partial charge in [-0.1, -0.05) is 23.7 Å². The van der Waals surface area contributed by atoms with Crippen LogP contribution in [0.1, 0.15) is 12.1 Å². The SMILES string of the molecule is Cn1c(CCC(=O)O)cnc1-c1cccc(Cl)c1. The molecule has 2 aromatic rings. The summed E-state index contributed by atoms with van der Waals surface area (Å²) in [6.45, 7) is 0. The van der Waals surface area contributed by atoms with E-state index in [-0.39, 0.29) is 6.42 Å². The van der Waals surface area contributed by atoms with Crippen molar-refractivity contribution in [2.45, 2.75) is 12.8 Å². The first kappa shape index (κ1) is 12.6. The molecule has 0 aliphatic carbocycles. The summed E-state index contributed by atoms with van der Waals surface area (Å²) in [7, 11) is 1.88. The van der Waals surface area contributed by atoms with E-state index in [0.29, 0.717) is 11.4 Å². The van der Waals surface area contributed by atoms with Gasteiger partial charge < -0.3 is 9.67 Å². The van der Waals surface area contributed by atoms with Crippen molar-refractivity contribution < 1.29 is 9.90 Å². The van der Waals surface area contributed by atoms with Crippen LogP contribution in [0.15, 0.2) is 30.5 Å². The highest BCUT2D eigenvalue weighted by Crippen LogP contribution is 2.22. The van der Waals surface area contributed by atoms with Gasteiger partial charge in [0.1, 0.15) is 5.82 Å². The predicted molar refractivity (Wildman–Crippen MR) is 69.6 cm³/mol. The largest absolute Gasteiger partial charge is 0.481 e. The number of halogens is 1. The van der Waals surface area contributed by atoms with Crippen LogP contribution in [0, 0.1) is 0 Å². The Morgan fingerprint density at radius 3 is 2.94 bits per heavy atom. The Labute approximate surface area is 110 Å². The molecule has 5 heteroatoms. The van der Waals surface area contributed by atoms with Gasteiger partial charge in [0.2, 0.25) is 0 Å². The van der Waals surface area contributed by atoms with E-state index in [1.54, 1.807) is 12.3 Å². The van der Waals surface area contributed by atoms with E-state index in [0.717, 1.165) is 17.1 Å². The average Bonchev–Trinajstić information content (AvgIpc) is 2.68. The molecule has 1 aromatic carbocycles. The number of nitrogens with zero attached hydrogens (tertiary/aromatic N) is 2. The number of hydrogen-bond acceptors (Lipinski definition) is 2. The Bertz CT molecular complexity index is 578. The highest BCUT2D eigenvalue weighted by Gasteiger charge is 2.10. The maximum atomic E-state index is 10.6. The van der Waals surface area contributed by atoms with Crippen molar-refractivity contribution >= 4 is 17.6 Å². The van der Waals surface area contributed by atoms with E-state index in [1.165, 1.54) is 0 Å². The van der Waals surface area contributed by atoms with Crippen molar-refractivity contribution in [2.24, 2.45) is 7.05 Å². The van der Waals surface area contributed by atoms with Gasteiger partial charge in [0.25, 0.3) is 0 Å². The number of aromatic nitrogens is 2. The van der Waals surface area contributed by atoms with Gasteiger partial charge in [-0.2, -0.15) is 0 Å². The van der Waals surface area contributed by atoms with E-state index in [4.69, 9.17) is 16.7 Å². The lowest BCUT2D eigenvalue weighted by molar-refractivity contribution is -0.136. The van der Waals surface area contributed by atoms with Gasteiger partial charge in [0, 0.05) is 29.5 Å². The van der Waals surface area contributed by atoms with Crippen LogP contribution in [0.3, 0.4) is 0 Å². The van der Waals surface area contributed by atoms with E-state index in [2.05, 4.69) is 4.98 Å². The molecular formula is C13H13ClN2O2. The van der Waals surface area contributed by atoms with Gasteiger partial charge in [0.05, 0.1) is 6.42 Å². The van der Waals surface area contributed by atoms with Crippen LogP contribution in [-0.2, 0) is 18.3 Å². The summed E-state index contributed by atoms with van der Waals surface area (Å²) in [5.41, 5.74) is 1.82. The molecule has 0 spiro atoms. The summed E-state index contributed by atoms with van der Waals surface area (Å²) in [6, 6.07) is 7.43. The van der Waals surface area contributed by atoms with Crippen LogP contribution in [0.4, 0.5) is 0 Å². The van der Waals surface area contributed by atoms with Crippen LogP contribution >= 0.6 is 11.6 Å². The molecule has 2 rings (SSSR count). The topological polar surface area (TPSA) is 55.1 Å². The molecule has 0 bridgehead atoms. The number of carboxylic acid groups (broad SMARTS) is 1. The first-order chi connectivity index (χ1) is 8.58. The number of carbonyl (C=O) groups is 1. The predicted octanol–water partition coefficient (Wildman–Crippen LogP) is 2.76. The summed E-state index contributed by atoms with van der Waals surface area (Å²) < 4.78 is 1.90. The van der Waals surface area contributed by atoms with Crippen LogP contribution in [-0.4, -0.2) is 20.6 Å². The molecule has 0 amide bonds. The molecule has 94 valence electrons.